The van der Waals surface area contributed by atoms with E-state index in [0.717, 1.165) is 17.8 Å². The molecule has 3 N–H and O–H groups in total. The summed E-state index contributed by atoms with van der Waals surface area (Å²) in [6.07, 6.45) is 7.93. The highest BCUT2D eigenvalue weighted by Gasteiger charge is 2.06. The minimum Gasteiger partial charge on any atom is -0.498 e. The first-order valence-electron chi connectivity index (χ1n) is 4.86. The molecule has 0 heterocycles. The van der Waals surface area contributed by atoms with Gasteiger partial charge in [-0.2, -0.15) is 0 Å². The minimum atomic E-state index is -0.933. The van der Waals surface area contributed by atoms with Gasteiger partial charge in [-0.05, 0) is 24.6 Å². The lowest BCUT2D eigenvalue weighted by Crippen LogP contribution is -2.05. The molecule has 1 aliphatic rings. The summed E-state index contributed by atoms with van der Waals surface area (Å²) in [6.45, 7) is 1.18. The number of rotatable bonds is 5. The fourth-order valence-corrected chi connectivity index (χ4v) is 1.24. The fraction of sp³-hybridized carbons (Fsp3) is 0.364. The summed E-state index contributed by atoms with van der Waals surface area (Å²) in [5.74, 6) is -0.142. The number of aliphatic carboxylic acids is 1. The van der Waals surface area contributed by atoms with Gasteiger partial charge in [0.2, 0.25) is 0 Å². The molecule has 0 spiro atoms. The van der Waals surface area contributed by atoms with E-state index in [-0.39, 0.29) is 0 Å². The van der Waals surface area contributed by atoms with Crippen molar-refractivity contribution in [3.8, 4) is 0 Å². The first-order chi connectivity index (χ1) is 7.22. The predicted molar refractivity (Wildman–Crippen MR) is 57.2 cm³/mol. The zero-order valence-corrected chi connectivity index (χ0v) is 8.48. The maximum Gasteiger partial charge on any atom is 0.328 e. The van der Waals surface area contributed by atoms with Gasteiger partial charge in [0.1, 0.15) is 5.76 Å². The standard InChI is InChI=1S/C11H15NO3/c12-5-2-6-15-10-4-1-3-9(7-10)8-11(13)14/h1,3-4,8H,2,5-7,12H2,(H,13,14). The Balaban J connectivity index is 2.45. The molecule has 82 valence electrons. The number of carbonyl (C=O) groups is 1. The number of nitrogens with two attached hydrogens (primary N) is 1. The van der Waals surface area contributed by atoms with Crippen LogP contribution >= 0.6 is 0 Å². The molecule has 0 aromatic carbocycles. The van der Waals surface area contributed by atoms with Gasteiger partial charge >= 0.3 is 5.97 Å². The summed E-state index contributed by atoms with van der Waals surface area (Å²) in [5.41, 5.74) is 6.08. The van der Waals surface area contributed by atoms with Gasteiger partial charge in [0.05, 0.1) is 6.61 Å². The van der Waals surface area contributed by atoms with Crippen LogP contribution in [-0.2, 0) is 9.53 Å². The van der Waals surface area contributed by atoms with Crippen LogP contribution < -0.4 is 5.73 Å². The van der Waals surface area contributed by atoms with Crippen molar-refractivity contribution < 1.29 is 14.6 Å². The number of hydrogen-bond acceptors (Lipinski definition) is 3. The molecule has 4 heteroatoms. The summed E-state index contributed by atoms with van der Waals surface area (Å²) in [4.78, 5) is 10.4. The minimum absolute atomic E-state index is 0.535. The summed E-state index contributed by atoms with van der Waals surface area (Å²) in [5, 5.41) is 8.58. The Bertz CT molecular complexity index is 316. The topological polar surface area (TPSA) is 72.5 Å². The molecule has 1 rings (SSSR count). The van der Waals surface area contributed by atoms with Crippen molar-refractivity contribution in [2.24, 2.45) is 5.73 Å². The summed E-state index contributed by atoms with van der Waals surface area (Å²) in [6, 6.07) is 0. The van der Waals surface area contributed by atoms with Crippen molar-refractivity contribution in [1.29, 1.82) is 0 Å². The summed E-state index contributed by atoms with van der Waals surface area (Å²) < 4.78 is 5.43. The first-order valence-corrected chi connectivity index (χ1v) is 4.86. The van der Waals surface area contributed by atoms with Gasteiger partial charge in [-0.1, -0.05) is 12.2 Å². The van der Waals surface area contributed by atoms with Gasteiger partial charge in [0.15, 0.2) is 0 Å². The summed E-state index contributed by atoms with van der Waals surface area (Å²) >= 11 is 0. The van der Waals surface area contributed by atoms with Gasteiger partial charge < -0.3 is 15.6 Å². The SMILES string of the molecule is NCCCOC1=CC=CC(=CC(=O)O)C1. The van der Waals surface area contributed by atoms with Crippen molar-refractivity contribution >= 4 is 5.97 Å². The van der Waals surface area contributed by atoms with Crippen LogP contribution in [0.2, 0.25) is 0 Å². The van der Waals surface area contributed by atoms with E-state index >= 15 is 0 Å². The molecule has 0 aromatic heterocycles. The second-order valence-corrected chi connectivity index (χ2v) is 3.22. The highest BCUT2D eigenvalue weighted by molar-refractivity contribution is 5.81. The molecule has 15 heavy (non-hydrogen) atoms. The normalized spacial score (nSPS) is 17.7. The van der Waals surface area contributed by atoms with Crippen LogP contribution in [0.3, 0.4) is 0 Å². The van der Waals surface area contributed by atoms with Crippen LogP contribution in [0.1, 0.15) is 12.8 Å². The summed E-state index contributed by atoms with van der Waals surface area (Å²) in [7, 11) is 0. The lowest BCUT2D eigenvalue weighted by Gasteiger charge is -2.12. The Labute approximate surface area is 88.7 Å². The largest absolute Gasteiger partial charge is 0.498 e. The van der Waals surface area contributed by atoms with Crippen molar-refractivity contribution in [2.45, 2.75) is 12.8 Å². The zero-order chi connectivity index (χ0) is 11.1. The lowest BCUT2D eigenvalue weighted by molar-refractivity contribution is -0.131. The first kappa shape index (κ1) is 11.5. The smallest absolute Gasteiger partial charge is 0.328 e. The van der Waals surface area contributed by atoms with Crippen molar-refractivity contribution in [2.75, 3.05) is 13.2 Å². The van der Waals surface area contributed by atoms with Gasteiger partial charge in [-0.25, -0.2) is 4.79 Å². The Morgan fingerprint density at radius 2 is 2.47 bits per heavy atom. The molecule has 0 unspecified atom stereocenters. The lowest BCUT2D eigenvalue weighted by atomic mass is 10.1. The molecule has 0 saturated heterocycles. The number of carboxylic acid groups (broad SMARTS) is 1. The van der Waals surface area contributed by atoms with E-state index in [0.29, 0.717) is 19.6 Å². The van der Waals surface area contributed by atoms with Crippen LogP contribution in [0.5, 0.6) is 0 Å². The third-order valence-corrected chi connectivity index (χ3v) is 1.92. The third kappa shape index (κ3) is 4.46. The maximum absolute atomic E-state index is 10.4. The van der Waals surface area contributed by atoms with E-state index < -0.39 is 5.97 Å². The van der Waals surface area contributed by atoms with Crippen LogP contribution in [0.15, 0.2) is 35.6 Å². The van der Waals surface area contributed by atoms with E-state index in [4.69, 9.17) is 15.6 Å². The van der Waals surface area contributed by atoms with Crippen LogP contribution in [0, 0.1) is 0 Å². The number of hydrogen-bond donors (Lipinski definition) is 2. The number of carboxylic acids is 1. The Kier molecular flexibility index (Phi) is 4.63. The Morgan fingerprint density at radius 3 is 3.13 bits per heavy atom. The quantitative estimate of drug-likeness (QED) is 0.527. The number of allylic oxidation sites excluding steroid dienone is 4. The molecular formula is C11H15NO3. The molecule has 0 aliphatic heterocycles. The molecule has 0 amide bonds. The average Bonchev–Trinajstić information content (AvgIpc) is 2.18. The van der Waals surface area contributed by atoms with E-state index in [1.807, 2.05) is 6.08 Å². The second kappa shape index (κ2) is 6.03. The average molecular weight is 209 g/mol. The highest BCUT2D eigenvalue weighted by atomic mass is 16.5. The molecule has 0 radical (unpaired) electrons. The third-order valence-electron chi connectivity index (χ3n) is 1.92. The molecule has 4 nitrogen and oxygen atoms in total. The van der Waals surface area contributed by atoms with Crippen molar-refractivity contribution in [3.63, 3.8) is 0 Å². The Hall–Kier alpha value is -1.55. The van der Waals surface area contributed by atoms with E-state index in [2.05, 4.69) is 0 Å². The van der Waals surface area contributed by atoms with Crippen molar-refractivity contribution in [3.05, 3.63) is 35.6 Å². The zero-order valence-electron chi connectivity index (χ0n) is 8.48. The van der Waals surface area contributed by atoms with Gasteiger partial charge in [-0.15, -0.1) is 0 Å². The number of ether oxygens (including phenoxy) is 1. The fourth-order valence-electron chi connectivity index (χ4n) is 1.24. The molecule has 1 aliphatic carbocycles. The Morgan fingerprint density at radius 1 is 1.67 bits per heavy atom. The van der Waals surface area contributed by atoms with Crippen LogP contribution in [-0.4, -0.2) is 24.2 Å². The predicted octanol–water partition coefficient (Wildman–Crippen LogP) is 1.21. The monoisotopic (exact) mass is 209 g/mol. The molecule has 0 atom stereocenters. The molecular weight excluding hydrogens is 194 g/mol. The van der Waals surface area contributed by atoms with Crippen LogP contribution in [0.25, 0.3) is 0 Å². The van der Waals surface area contributed by atoms with Crippen LogP contribution in [0.4, 0.5) is 0 Å². The molecule has 0 bridgehead atoms. The van der Waals surface area contributed by atoms with E-state index in [1.165, 1.54) is 6.08 Å². The van der Waals surface area contributed by atoms with Gasteiger partial charge in [0.25, 0.3) is 0 Å². The van der Waals surface area contributed by atoms with Gasteiger partial charge in [-0.3, -0.25) is 0 Å². The molecule has 0 saturated carbocycles. The maximum atomic E-state index is 10.4. The second-order valence-electron chi connectivity index (χ2n) is 3.22. The van der Waals surface area contributed by atoms with Gasteiger partial charge in [0, 0.05) is 12.5 Å². The highest BCUT2D eigenvalue weighted by Crippen LogP contribution is 2.18. The molecule has 0 fully saturated rings. The van der Waals surface area contributed by atoms with E-state index in [1.54, 1.807) is 12.2 Å². The van der Waals surface area contributed by atoms with E-state index in [9.17, 15) is 4.79 Å². The molecule has 0 aromatic rings. The van der Waals surface area contributed by atoms with Crippen molar-refractivity contribution in [1.82, 2.24) is 0 Å².